The molecule has 0 bridgehead atoms. The second-order valence-electron chi connectivity index (χ2n) is 7.60. The predicted molar refractivity (Wildman–Crippen MR) is 109 cm³/mol. The minimum atomic E-state index is -0.748. The van der Waals surface area contributed by atoms with Crippen LogP contribution in [0.25, 0.3) is 0 Å². The van der Waals surface area contributed by atoms with E-state index in [0.717, 1.165) is 23.3 Å². The first-order valence-electron chi connectivity index (χ1n) is 9.72. The smallest absolute Gasteiger partial charge is 0.178 e. The van der Waals surface area contributed by atoms with Gasteiger partial charge in [-0.3, -0.25) is 4.79 Å². The van der Waals surface area contributed by atoms with Gasteiger partial charge in [0.2, 0.25) is 0 Å². The highest BCUT2D eigenvalue weighted by molar-refractivity contribution is 6.15. The van der Waals surface area contributed by atoms with E-state index < -0.39 is 5.60 Å². The number of rotatable bonds is 3. The van der Waals surface area contributed by atoms with Crippen molar-refractivity contribution in [2.45, 2.75) is 24.4 Å². The molecule has 0 radical (unpaired) electrons. The summed E-state index contributed by atoms with van der Waals surface area (Å²) < 4.78 is 0. The predicted octanol–water partition coefficient (Wildman–Crippen LogP) is 5.08. The molecule has 1 aliphatic carbocycles. The second-order valence-corrected chi connectivity index (χ2v) is 7.60. The van der Waals surface area contributed by atoms with Gasteiger partial charge >= 0.3 is 0 Å². The summed E-state index contributed by atoms with van der Waals surface area (Å²) in [5.41, 5.74) is 3.16. The molecule has 3 nitrogen and oxygen atoms in total. The molecule has 0 aromatic heterocycles. The summed E-state index contributed by atoms with van der Waals surface area (Å²) in [6.45, 7) is 0. The fourth-order valence-corrected chi connectivity index (χ4v) is 4.67. The van der Waals surface area contributed by atoms with Crippen molar-refractivity contribution < 1.29 is 9.63 Å². The van der Waals surface area contributed by atoms with Crippen LogP contribution in [0.2, 0.25) is 0 Å². The lowest BCUT2D eigenvalue weighted by Gasteiger charge is -2.40. The molecule has 1 fully saturated rings. The van der Waals surface area contributed by atoms with Crippen molar-refractivity contribution >= 4 is 11.5 Å². The zero-order valence-electron chi connectivity index (χ0n) is 15.5. The van der Waals surface area contributed by atoms with Crippen molar-refractivity contribution in [2.75, 3.05) is 0 Å². The maximum Gasteiger partial charge on any atom is 0.178 e. The van der Waals surface area contributed by atoms with E-state index in [-0.39, 0.29) is 17.6 Å². The lowest BCUT2D eigenvalue weighted by molar-refractivity contribution is -0.138. The van der Waals surface area contributed by atoms with E-state index in [2.05, 4.69) is 29.4 Å². The number of oxime groups is 1. The maximum atomic E-state index is 13.5. The Balaban J connectivity index is 1.61. The molecule has 138 valence electrons. The number of hydrogen-bond donors (Lipinski definition) is 0. The van der Waals surface area contributed by atoms with Crippen LogP contribution in [0.1, 0.15) is 35.4 Å². The van der Waals surface area contributed by atoms with E-state index in [1.165, 1.54) is 5.56 Å². The highest BCUT2D eigenvalue weighted by atomic mass is 16.7. The summed E-state index contributed by atoms with van der Waals surface area (Å²) in [7, 11) is 0. The van der Waals surface area contributed by atoms with Crippen LogP contribution in [0, 0.1) is 5.92 Å². The number of carbonyl (C=O) groups excluding carboxylic acids is 1. The minimum Gasteiger partial charge on any atom is -0.383 e. The molecule has 1 aliphatic heterocycles. The lowest BCUT2D eigenvalue weighted by atomic mass is 9.63. The molecule has 1 heterocycles. The van der Waals surface area contributed by atoms with Gasteiger partial charge in [0, 0.05) is 18.4 Å². The average Bonchev–Trinajstić information content (AvgIpc) is 3.17. The summed E-state index contributed by atoms with van der Waals surface area (Å²) in [6.07, 6.45) is 1.25. The first-order chi connectivity index (χ1) is 13.8. The Bertz CT molecular complexity index is 1010. The highest BCUT2D eigenvalue weighted by Gasteiger charge is 2.58. The molecule has 3 aromatic carbocycles. The molecule has 0 amide bonds. The van der Waals surface area contributed by atoms with Gasteiger partial charge in [-0.1, -0.05) is 96.2 Å². The van der Waals surface area contributed by atoms with E-state index in [0.29, 0.717) is 6.42 Å². The molecule has 3 atom stereocenters. The Morgan fingerprint density at radius 3 is 2.11 bits per heavy atom. The minimum absolute atomic E-state index is 0.121. The monoisotopic (exact) mass is 367 g/mol. The van der Waals surface area contributed by atoms with E-state index >= 15 is 0 Å². The Labute approximate surface area is 164 Å². The van der Waals surface area contributed by atoms with Crippen molar-refractivity contribution in [2.24, 2.45) is 11.1 Å². The molecule has 28 heavy (non-hydrogen) atoms. The number of ketones is 1. The van der Waals surface area contributed by atoms with Gasteiger partial charge in [-0.25, -0.2) is 0 Å². The Morgan fingerprint density at radius 2 is 1.43 bits per heavy atom. The largest absolute Gasteiger partial charge is 0.383 e. The van der Waals surface area contributed by atoms with Gasteiger partial charge in [0.1, 0.15) is 17.4 Å². The van der Waals surface area contributed by atoms with Crippen molar-refractivity contribution in [1.82, 2.24) is 0 Å². The van der Waals surface area contributed by atoms with E-state index in [9.17, 15) is 4.79 Å². The SMILES string of the molecule is O=C1CC(c2ccccc2)C[C@@]2(c3ccccc3)ON=C(c3ccccc3)[C@H]12. The molecule has 5 rings (SSSR count). The molecule has 0 saturated heterocycles. The zero-order chi connectivity index (χ0) is 19.0. The lowest BCUT2D eigenvalue weighted by Crippen LogP contribution is -2.47. The summed E-state index contributed by atoms with van der Waals surface area (Å²) in [6, 6.07) is 30.3. The van der Waals surface area contributed by atoms with Gasteiger partial charge < -0.3 is 4.84 Å². The first kappa shape index (κ1) is 16.9. The number of Topliss-reactive ketones (excluding diaryl/α,β-unsaturated/α-hetero) is 1. The third-order valence-electron chi connectivity index (χ3n) is 5.97. The van der Waals surface area contributed by atoms with Gasteiger partial charge in [-0.2, -0.15) is 0 Å². The molecule has 3 aromatic rings. The third kappa shape index (κ3) is 2.66. The van der Waals surface area contributed by atoms with Crippen molar-refractivity contribution in [3.05, 3.63) is 108 Å². The van der Waals surface area contributed by atoms with E-state index in [1.54, 1.807) is 0 Å². The van der Waals surface area contributed by atoms with Crippen LogP contribution in [-0.4, -0.2) is 11.5 Å². The first-order valence-corrected chi connectivity index (χ1v) is 9.72. The summed E-state index contributed by atoms with van der Waals surface area (Å²) in [5.74, 6) is -0.0585. The number of benzene rings is 3. The number of fused-ring (bicyclic) bond motifs is 1. The van der Waals surface area contributed by atoms with Crippen LogP contribution in [0.4, 0.5) is 0 Å². The number of hydrogen-bond acceptors (Lipinski definition) is 3. The Hall–Kier alpha value is -3.20. The van der Waals surface area contributed by atoms with Gasteiger partial charge in [0.25, 0.3) is 0 Å². The molecule has 0 N–H and O–H groups in total. The van der Waals surface area contributed by atoms with Gasteiger partial charge in [0.15, 0.2) is 5.60 Å². The topological polar surface area (TPSA) is 38.7 Å². The maximum absolute atomic E-state index is 13.5. The quantitative estimate of drug-likeness (QED) is 0.647. The molecule has 2 aliphatic rings. The molecule has 1 saturated carbocycles. The molecular formula is C25H21NO2. The Morgan fingerprint density at radius 1 is 0.821 bits per heavy atom. The molecule has 1 unspecified atom stereocenters. The third-order valence-corrected chi connectivity index (χ3v) is 5.97. The van der Waals surface area contributed by atoms with Crippen molar-refractivity contribution in [3.8, 4) is 0 Å². The van der Waals surface area contributed by atoms with Crippen LogP contribution in [0.3, 0.4) is 0 Å². The van der Waals surface area contributed by atoms with Crippen LogP contribution < -0.4 is 0 Å². The van der Waals surface area contributed by atoms with Crippen LogP contribution in [0.15, 0.2) is 96.2 Å². The highest BCUT2D eigenvalue weighted by Crippen LogP contribution is 2.52. The van der Waals surface area contributed by atoms with Crippen molar-refractivity contribution in [1.29, 1.82) is 0 Å². The average molecular weight is 367 g/mol. The fourth-order valence-electron chi connectivity index (χ4n) is 4.67. The second kappa shape index (κ2) is 6.75. The van der Waals surface area contributed by atoms with Crippen molar-refractivity contribution in [3.63, 3.8) is 0 Å². The van der Waals surface area contributed by atoms with E-state index in [1.807, 2.05) is 66.7 Å². The van der Waals surface area contributed by atoms with Gasteiger partial charge in [-0.05, 0) is 17.0 Å². The zero-order valence-corrected chi connectivity index (χ0v) is 15.5. The molecule has 3 heteroatoms. The number of nitrogens with zero attached hydrogens (tertiary/aromatic N) is 1. The summed E-state index contributed by atoms with van der Waals surface area (Å²) >= 11 is 0. The molecule has 0 spiro atoms. The van der Waals surface area contributed by atoms with Crippen LogP contribution >= 0.6 is 0 Å². The number of carbonyl (C=O) groups is 1. The van der Waals surface area contributed by atoms with Gasteiger partial charge in [0.05, 0.1) is 0 Å². The summed E-state index contributed by atoms with van der Waals surface area (Å²) in [5, 5.41) is 4.47. The van der Waals surface area contributed by atoms with Crippen LogP contribution in [-0.2, 0) is 15.2 Å². The normalized spacial score (nSPS) is 26.3. The van der Waals surface area contributed by atoms with E-state index in [4.69, 9.17) is 4.84 Å². The van der Waals surface area contributed by atoms with Gasteiger partial charge in [-0.15, -0.1) is 0 Å². The fraction of sp³-hybridized carbons (Fsp3) is 0.200. The Kier molecular flexibility index (Phi) is 4.09. The van der Waals surface area contributed by atoms with Crippen LogP contribution in [0.5, 0.6) is 0 Å². The standard InChI is InChI=1S/C25H21NO2/c27-22-16-20(18-10-4-1-5-11-18)17-25(21-14-8-3-9-15-21)23(22)24(26-28-25)19-12-6-2-7-13-19/h1-15,20,23H,16-17H2/t20?,23-,25-/m0/s1. The summed E-state index contributed by atoms with van der Waals surface area (Å²) in [4.78, 5) is 19.6. The molecular weight excluding hydrogens is 346 g/mol.